The lowest BCUT2D eigenvalue weighted by molar-refractivity contribution is 0.789. The lowest BCUT2D eigenvalue weighted by atomic mass is 10.1. The second-order valence-corrected chi connectivity index (χ2v) is 4.11. The third kappa shape index (κ3) is 2.45. The molecule has 0 bridgehead atoms. The number of rotatable bonds is 2. The zero-order valence-electron chi connectivity index (χ0n) is 10.2. The zero-order valence-corrected chi connectivity index (χ0v) is 10.2. The Kier molecular flexibility index (Phi) is 3.10. The molecule has 0 aliphatic heterocycles. The van der Waals surface area contributed by atoms with Gasteiger partial charge in [-0.15, -0.1) is 0 Å². The van der Waals surface area contributed by atoms with Gasteiger partial charge in [0.1, 0.15) is 0 Å². The van der Waals surface area contributed by atoms with E-state index >= 15 is 0 Å². The molecule has 0 unspecified atom stereocenters. The van der Waals surface area contributed by atoms with Gasteiger partial charge in [0.2, 0.25) is 0 Å². The molecule has 1 atom stereocenters. The first-order chi connectivity index (χ1) is 8.08. The van der Waals surface area contributed by atoms with Crippen LogP contribution in [-0.2, 0) is 0 Å². The molecule has 0 fully saturated rings. The summed E-state index contributed by atoms with van der Waals surface area (Å²) in [6.45, 7) is 5.76. The number of hydrogen-bond donors (Lipinski definition) is 1. The van der Waals surface area contributed by atoms with Crippen molar-refractivity contribution in [1.82, 2.24) is 19.9 Å². The molecule has 0 aliphatic rings. The second-order valence-electron chi connectivity index (χ2n) is 4.11. The van der Waals surface area contributed by atoms with Crippen LogP contribution in [0.5, 0.6) is 0 Å². The lowest BCUT2D eigenvalue weighted by Crippen LogP contribution is -2.09. The van der Waals surface area contributed by atoms with Crippen LogP contribution in [0.2, 0.25) is 0 Å². The fourth-order valence-electron chi connectivity index (χ4n) is 1.54. The highest BCUT2D eigenvalue weighted by Crippen LogP contribution is 2.15. The number of hydrogen-bond acceptors (Lipinski definition) is 5. The van der Waals surface area contributed by atoms with Crippen LogP contribution in [0.4, 0.5) is 0 Å². The molecule has 0 saturated carbocycles. The van der Waals surface area contributed by atoms with E-state index in [1.165, 1.54) is 0 Å². The molecule has 2 rings (SSSR count). The van der Waals surface area contributed by atoms with Gasteiger partial charge in [0.15, 0.2) is 11.6 Å². The summed E-state index contributed by atoms with van der Waals surface area (Å²) in [5.74, 6) is 1.07. The van der Waals surface area contributed by atoms with Crippen LogP contribution in [0.15, 0.2) is 18.6 Å². The summed E-state index contributed by atoms with van der Waals surface area (Å²) in [6.07, 6.45) is 5.24. The first-order valence-corrected chi connectivity index (χ1v) is 5.46. The Bertz CT molecular complexity index is 519. The van der Waals surface area contributed by atoms with Gasteiger partial charge in [0, 0.05) is 35.9 Å². The highest BCUT2D eigenvalue weighted by atomic mass is 15.0. The normalized spacial score (nSPS) is 12.5. The Labute approximate surface area is 100 Å². The van der Waals surface area contributed by atoms with Crippen LogP contribution in [0, 0.1) is 13.8 Å². The van der Waals surface area contributed by atoms with Crippen molar-refractivity contribution in [2.75, 3.05) is 0 Å². The summed E-state index contributed by atoms with van der Waals surface area (Å²) in [5, 5.41) is 0. The van der Waals surface area contributed by atoms with Crippen molar-refractivity contribution in [2.45, 2.75) is 26.8 Å². The molecule has 0 saturated heterocycles. The number of nitrogens with zero attached hydrogens (tertiary/aromatic N) is 4. The SMILES string of the molecule is Cc1cnc(-c2ncc([C@@H](C)N)c(C)n2)nc1. The third-order valence-electron chi connectivity index (χ3n) is 2.49. The summed E-state index contributed by atoms with van der Waals surface area (Å²) in [4.78, 5) is 17.0. The van der Waals surface area contributed by atoms with Gasteiger partial charge in [0.05, 0.1) is 0 Å². The zero-order chi connectivity index (χ0) is 12.4. The van der Waals surface area contributed by atoms with Crippen molar-refractivity contribution in [1.29, 1.82) is 0 Å². The fourth-order valence-corrected chi connectivity index (χ4v) is 1.54. The van der Waals surface area contributed by atoms with E-state index in [-0.39, 0.29) is 6.04 Å². The fraction of sp³-hybridized carbons (Fsp3) is 0.333. The van der Waals surface area contributed by atoms with Gasteiger partial charge in [0.25, 0.3) is 0 Å². The van der Waals surface area contributed by atoms with Gasteiger partial charge in [-0.1, -0.05) is 0 Å². The minimum absolute atomic E-state index is 0.0667. The van der Waals surface area contributed by atoms with Crippen molar-refractivity contribution in [3.8, 4) is 11.6 Å². The Hall–Kier alpha value is -1.88. The number of aromatic nitrogens is 4. The topological polar surface area (TPSA) is 77.6 Å². The monoisotopic (exact) mass is 229 g/mol. The average Bonchev–Trinajstić information content (AvgIpc) is 2.29. The van der Waals surface area contributed by atoms with Crippen LogP contribution < -0.4 is 5.73 Å². The molecule has 0 amide bonds. The van der Waals surface area contributed by atoms with Crippen LogP contribution in [0.3, 0.4) is 0 Å². The van der Waals surface area contributed by atoms with Gasteiger partial charge in [-0.3, -0.25) is 0 Å². The quantitative estimate of drug-likeness (QED) is 0.845. The molecule has 0 aliphatic carbocycles. The average molecular weight is 229 g/mol. The van der Waals surface area contributed by atoms with Crippen LogP contribution >= 0.6 is 0 Å². The maximum atomic E-state index is 5.81. The van der Waals surface area contributed by atoms with Gasteiger partial charge >= 0.3 is 0 Å². The predicted molar refractivity (Wildman–Crippen MR) is 65.1 cm³/mol. The smallest absolute Gasteiger partial charge is 0.197 e. The predicted octanol–water partition coefficient (Wildman–Crippen LogP) is 1.57. The Morgan fingerprint density at radius 3 is 2.12 bits per heavy atom. The Balaban J connectivity index is 2.41. The highest BCUT2D eigenvalue weighted by molar-refractivity contribution is 5.43. The minimum Gasteiger partial charge on any atom is -0.324 e. The van der Waals surface area contributed by atoms with E-state index in [9.17, 15) is 0 Å². The molecule has 0 spiro atoms. The van der Waals surface area contributed by atoms with E-state index in [1.54, 1.807) is 18.6 Å². The van der Waals surface area contributed by atoms with E-state index in [1.807, 2.05) is 20.8 Å². The Morgan fingerprint density at radius 1 is 1.00 bits per heavy atom. The van der Waals surface area contributed by atoms with E-state index < -0.39 is 0 Å². The minimum atomic E-state index is -0.0667. The van der Waals surface area contributed by atoms with E-state index in [4.69, 9.17) is 5.73 Å². The summed E-state index contributed by atoms with van der Waals surface area (Å²) in [6, 6.07) is -0.0667. The van der Waals surface area contributed by atoms with Crippen LogP contribution in [-0.4, -0.2) is 19.9 Å². The molecule has 17 heavy (non-hydrogen) atoms. The van der Waals surface area contributed by atoms with E-state index in [0.717, 1.165) is 16.8 Å². The second kappa shape index (κ2) is 4.55. The molecule has 0 aromatic carbocycles. The molecular formula is C12H15N5. The van der Waals surface area contributed by atoms with Gasteiger partial charge in [-0.25, -0.2) is 19.9 Å². The molecule has 5 heteroatoms. The summed E-state index contributed by atoms with van der Waals surface area (Å²) in [5.41, 5.74) is 8.64. The molecule has 2 N–H and O–H groups in total. The van der Waals surface area contributed by atoms with Gasteiger partial charge < -0.3 is 5.73 Å². The first kappa shape index (κ1) is 11.6. The summed E-state index contributed by atoms with van der Waals surface area (Å²) >= 11 is 0. The van der Waals surface area contributed by atoms with Crippen molar-refractivity contribution in [2.24, 2.45) is 5.73 Å². The van der Waals surface area contributed by atoms with Crippen LogP contribution in [0.25, 0.3) is 11.6 Å². The lowest BCUT2D eigenvalue weighted by Gasteiger charge is -2.08. The van der Waals surface area contributed by atoms with Crippen molar-refractivity contribution >= 4 is 0 Å². The maximum absolute atomic E-state index is 5.81. The molecule has 2 aromatic rings. The molecule has 88 valence electrons. The molecule has 0 radical (unpaired) electrons. The maximum Gasteiger partial charge on any atom is 0.197 e. The van der Waals surface area contributed by atoms with Gasteiger partial charge in [-0.2, -0.15) is 0 Å². The molecular weight excluding hydrogens is 214 g/mol. The summed E-state index contributed by atoms with van der Waals surface area (Å²) in [7, 11) is 0. The number of nitrogens with two attached hydrogens (primary N) is 1. The van der Waals surface area contributed by atoms with Gasteiger partial charge in [-0.05, 0) is 26.3 Å². The standard InChI is InChI=1S/C12H15N5/c1-7-4-14-11(15-5-7)12-16-6-10(8(2)13)9(3)17-12/h4-6,8H,13H2,1-3H3/t8-/m1/s1. The third-order valence-corrected chi connectivity index (χ3v) is 2.49. The van der Waals surface area contributed by atoms with Crippen molar-refractivity contribution in [3.63, 3.8) is 0 Å². The molecule has 2 aromatic heterocycles. The highest BCUT2D eigenvalue weighted by Gasteiger charge is 2.09. The first-order valence-electron chi connectivity index (χ1n) is 5.46. The van der Waals surface area contributed by atoms with E-state index in [2.05, 4.69) is 19.9 Å². The Morgan fingerprint density at radius 2 is 1.59 bits per heavy atom. The largest absolute Gasteiger partial charge is 0.324 e. The van der Waals surface area contributed by atoms with Crippen LogP contribution in [0.1, 0.15) is 29.8 Å². The number of aryl methyl sites for hydroxylation is 2. The summed E-state index contributed by atoms with van der Waals surface area (Å²) < 4.78 is 0. The molecule has 2 heterocycles. The van der Waals surface area contributed by atoms with Crippen molar-refractivity contribution in [3.05, 3.63) is 35.4 Å². The van der Waals surface area contributed by atoms with Crippen molar-refractivity contribution < 1.29 is 0 Å². The van der Waals surface area contributed by atoms with E-state index in [0.29, 0.717) is 11.6 Å². The molecule has 5 nitrogen and oxygen atoms in total.